The predicted molar refractivity (Wildman–Crippen MR) is 132 cm³/mol. The summed E-state index contributed by atoms with van der Waals surface area (Å²) in [7, 11) is 0. The van der Waals surface area contributed by atoms with E-state index in [1.165, 1.54) is 0 Å². The second kappa shape index (κ2) is 9.22. The first-order chi connectivity index (χ1) is 16.1. The summed E-state index contributed by atoms with van der Waals surface area (Å²) in [6.45, 7) is 7.76. The van der Waals surface area contributed by atoms with E-state index in [1.807, 2.05) is 57.2 Å². The predicted octanol–water partition coefficient (Wildman–Crippen LogP) is 2.74. The van der Waals surface area contributed by atoms with Crippen LogP contribution in [0.3, 0.4) is 0 Å². The van der Waals surface area contributed by atoms with Crippen molar-refractivity contribution in [3.63, 3.8) is 0 Å². The molecule has 4 rings (SSSR count). The number of nitrogens with two attached hydrogens (primary N) is 1. The van der Waals surface area contributed by atoms with Gasteiger partial charge in [-0.2, -0.15) is 0 Å². The Kier molecular flexibility index (Phi) is 6.49. The van der Waals surface area contributed by atoms with Crippen LogP contribution in [-0.2, 0) is 14.4 Å². The molecule has 3 atom stereocenters. The van der Waals surface area contributed by atoms with Gasteiger partial charge in [0.25, 0.3) is 0 Å². The molecule has 34 heavy (non-hydrogen) atoms. The first-order valence-corrected chi connectivity index (χ1v) is 11.9. The van der Waals surface area contributed by atoms with Crippen LogP contribution >= 0.6 is 0 Å². The lowest BCUT2D eigenvalue weighted by Gasteiger charge is -2.36. The third kappa shape index (κ3) is 4.44. The molecule has 1 heterocycles. The lowest BCUT2D eigenvalue weighted by molar-refractivity contribution is -0.144. The van der Waals surface area contributed by atoms with E-state index in [2.05, 4.69) is 22.8 Å². The number of hydrogen-bond donors (Lipinski definition) is 3. The topological polar surface area (TPSA) is 105 Å². The number of nitrogens with zero attached hydrogens (tertiary/aromatic N) is 1. The van der Waals surface area contributed by atoms with Crippen LogP contribution in [0.5, 0.6) is 0 Å². The van der Waals surface area contributed by atoms with Crippen molar-refractivity contribution < 1.29 is 14.4 Å². The zero-order valence-electron chi connectivity index (χ0n) is 20.3. The Morgan fingerprint density at radius 2 is 1.56 bits per heavy atom. The highest BCUT2D eigenvalue weighted by atomic mass is 16.2. The van der Waals surface area contributed by atoms with Crippen LogP contribution in [0.4, 0.5) is 0 Å². The Bertz CT molecular complexity index is 1060. The number of rotatable bonds is 5. The molecule has 1 fully saturated rings. The quantitative estimate of drug-likeness (QED) is 0.635. The largest absolute Gasteiger partial charge is 0.343 e. The molecule has 180 valence electrons. The Labute approximate surface area is 201 Å². The number of likely N-dealkylation sites (tertiary alicyclic amines) is 1. The SMILES string of the molecule is C[C@H](N)C(=O)N[C@H](C(=O)N1CCC[C@H]1C(=O)NC1c2ccccc2-c2ccccc21)C(C)(C)C. The number of amides is 3. The molecule has 0 radical (unpaired) electrons. The minimum Gasteiger partial charge on any atom is -0.343 e. The molecule has 1 aliphatic carbocycles. The lowest BCUT2D eigenvalue weighted by atomic mass is 9.85. The minimum absolute atomic E-state index is 0.173. The molecule has 1 aliphatic heterocycles. The van der Waals surface area contributed by atoms with Gasteiger partial charge in [-0.15, -0.1) is 0 Å². The third-order valence-electron chi connectivity index (χ3n) is 6.77. The van der Waals surface area contributed by atoms with E-state index in [1.54, 1.807) is 11.8 Å². The maximum atomic E-state index is 13.6. The number of fused-ring (bicyclic) bond motifs is 3. The van der Waals surface area contributed by atoms with Crippen LogP contribution in [0.25, 0.3) is 11.1 Å². The molecule has 0 spiro atoms. The molecule has 0 aromatic heterocycles. The van der Waals surface area contributed by atoms with Crippen molar-refractivity contribution in [1.82, 2.24) is 15.5 Å². The molecule has 7 nitrogen and oxygen atoms in total. The highest BCUT2D eigenvalue weighted by Crippen LogP contribution is 2.43. The molecule has 1 saturated heterocycles. The first-order valence-electron chi connectivity index (χ1n) is 11.9. The summed E-state index contributed by atoms with van der Waals surface area (Å²) in [5, 5.41) is 6.02. The Morgan fingerprint density at radius 3 is 2.09 bits per heavy atom. The molecular weight excluding hydrogens is 428 g/mol. The van der Waals surface area contributed by atoms with Crippen LogP contribution in [0.2, 0.25) is 0 Å². The van der Waals surface area contributed by atoms with Gasteiger partial charge in [0.2, 0.25) is 17.7 Å². The fourth-order valence-electron chi connectivity index (χ4n) is 4.94. The molecule has 0 bridgehead atoms. The zero-order chi connectivity index (χ0) is 24.6. The standard InChI is InChI=1S/C27H34N4O3/c1-16(28)24(32)30-23(27(2,3)4)26(34)31-15-9-14-21(31)25(33)29-22-19-12-7-5-10-17(19)18-11-6-8-13-20(18)22/h5-8,10-13,16,21-23H,9,14-15,28H2,1-4H3,(H,29,33)(H,30,32)/t16-,21-,23+/m0/s1. The highest BCUT2D eigenvalue weighted by molar-refractivity contribution is 5.94. The molecule has 7 heteroatoms. The smallest absolute Gasteiger partial charge is 0.246 e. The van der Waals surface area contributed by atoms with Gasteiger partial charge in [-0.05, 0) is 47.4 Å². The summed E-state index contributed by atoms with van der Waals surface area (Å²) in [5.74, 6) is -0.799. The summed E-state index contributed by atoms with van der Waals surface area (Å²) in [5.41, 5.74) is 9.55. The fourth-order valence-corrected chi connectivity index (χ4v) is 4.94. The van der Waals surface area contributed by atoms with Gasteiger partial charge >= 0.3 is 0 Å². The Hall–Kier alpha value is -3.19. The van der Waals surface area contributed by atoms with Crippen LogP contribution in [0.1, 0.15) is 57.7 Å². The molecule has 2 aromatic carbocycles. The van der Waals surface area contributed by atoms with Crippen molar-refractivity contribution >= 4 is 17.7 Å². The molecule has 3 amide bonds. The fraction of sp³-hybridized carbons (Fsp3) is 0.444. The molecule has 0 unspecified atom stereocenters. The highest BCUT2D eigenvalue weighted by Gasteiger charge is 2.43. The van der Waals surface area contributed by atoms with Crippen molar-refractivity contribution in [2.24, 2.45) is 11.1 Å². The van der Waals surface area contributed by atoms with Gasteiger partial charge in [0.1, 0.15) is 12.1 Å². The molecule has 4 N–H and O–H groups in total. The van der Waals surface area contributed by atoms with Crippen molar-refractivity contribution in [1.29, 1.82) is 0 Å². The maximum Gasteiger partial charge on any atom is 0.246 e. The summed E-state index contributed by atoms with van der Waals surface area (Å²) < 4.78 is 0. The second-order valence-corrected chi connectivity index (χ2v) is 10.4. The van der Waals surface area contributed by atoms with E-state index in [9.17, 15) is 14.4 Å². The van der Waals surface area contributed by atoms with E-state index in [0.717, 1.165) is 28.7 Å². The Balaban J connectivity index is 1.56. The average molecular weight is 463 g/mol. The zero-order valence-corrected chi connectivity index (χ0v) is 20.3. The van der Waals surface area contributed by atoms with E-state index in [-0.39, 0.29) is 23.8 Å². The van der Waals surface area contributed by atoms with E-state index >= 15 is 0 Å². The van der Waals surface area contributed by atoms with Crippen LogP contribution in [0.15, 0.2) is 48.5 Å². The van der Waals surface area contributed by atoms with Gasteiger partial charge in [0, 0.05) is 6.54 Å². The van der Waals surface area contributed by atoms with Gasteiger partial charge in [-0.25, -0.2) is 0 Å². The van der Waals surface area contributed by atoms with E-state index in [0.29, 0.717) is 13.0 Å². The molecule has 2 aromatic rings. The average Bonchev–Trinajstić information content (AvgIpc) is 3.40. The van der Waals surface area contributed by atoms with E-state index < -0.39 is 23.5 Å². The van der Waals surface area contributed by atoms with Gasteiger partial charge in [-0.3, -0.25) is 14.4 Å². The molecule has 2 aliphatic rings. The summed E-state index contributed by atoms with van der Waals surface area (Å²) in [6.07, 6.45) is 1.32. The third-order valence-corrected chi connectivity index (χ3v) is 6.77. The van der Waals surface area contributed by atoms with Crippen LogP contribution in [-0.4, -0.2) is 47.3 Å². The minimum atomic E-state index is -0.771. The Morgan fingerprint density at radius 1 is 1.00 bits per heavy atom. The summed E-state index contributed by atoms with van der Waals surface area (Å²) >= 11 is 0. The van der Waals surface area contributed by atoms with Gasteiger partial charge in [0.15, 0.2) is 0 Å². The number of carbonyl (C=O) groups excluding carboxylic acids is 3. The number of hydrogen-bond acceptors (Lipinski definition) is 4. The summed E-state index contributed by atoms with van der Waals surface area (Å²) in [6, 6.07) is 13.8. The van der Waals surface area contributed by atoms with Gasteiger partial charge in [-0.1, -0.05) is 69.3 Å². The molecule has 0 saturated carbocycles. The van der Waals surface area contributed by atoms with Crippen molar-refractivity contribution in [2.45, 2.75) is 64.7 Å². The van der Waals surface area contributed by atoms with E-state index in [4.69, 9.17) is 5.73 Å². The van der Waals surface area contributed by atoms with Crippen LogP contribution < -0.4 is 16.4 Å². The maximum absolute atomic E-state index is 13.6. The van der Waals surface area contributed by atoms with Gasteiger partial charge < -0.3 is 21.3 Å². The second-order valence-electron chi connectivity index (χ2n) is 10.4. The first kappa shape index (κ1) is 24.0. The van der Waals surface area contributed by atoms with Gasteiger partial charge in [0.05, 0.1) is 12.1 Å². The van der Waals surface area contributed by atoms with Crippen molar-refractivity contribution in [3.8, 4) is 11.1 Å². The normalized spacial score (nSPS) is 19.2. The summed E-state index contributed by atoms with van der Waals surface area (Å²) in [4.78, 5) is 41.1. The van der Waals surface area contributed by atoms with Crippen LogP contribution in [0, 0.1) is 5.41 Å². The number of benzene rings is 2. The molecular formula is C27H34N4O3. The number of nitrogens with one attached hydrogen (secondary N) is 2. The monoisotopic (exact) mass is 462 g/mol. The lowest BCUT2D eigenvalue weighted by Crippen LogP contribution is -2.59. The van der Waals surface area contributed by atoms with Crippen molar-refractivity contribution in [3.05, 3.63) is 59.7 Å². The van der Waals surface area contributed by atoms with Crippen molar-refractivity contribution in [2.75, 3.05) is 6.54 Å². The number of carbonyl (C=O) groups is 3.